The molecule has 3 rings (SSSR count). The van der Waals surface area contributed by atoms with E-state index in [1.807, 2.05) is 37.3 Å². The molecule has 2 aromatic carbocycles. The highest BCUT2D eigenvalue weighted by Crippen LogP contribution is 2.23. The summed E-state index contributed by atoms with van der Waals surface area (Å²) < 4.78 is 10.7. The number of rotatable bonds is 4. The number of hydrogen-bond acceptors (Lipinski definition) is 4. The number of oxazole rings is 1. The Kier molecular flexibility index (Phi) is 4.44. The molecular formula is C18H14ClNO3. The van der Waals surface area contributed by atoms with Crippen molar-refractivity contribution in [3.63, 3.8) is 0 Å². The monoisotopic (exact) mass is 327 g/mol. The molecule has 3 aromatic rings. The molecule has 0 saturated heterocycles. The fourth-order valence-electron chi connectivity index (χ4n) is 2.14. The van der Waals surface area contributed by atoms with Gasteiger partial charge in [0.1, 0.15) is 12.0 Å². The van der Waals surface area contributed by atoms with Crippen molar-refractivity contribution in [3.8, 4) is 17.2 Å². The lowest BCUT2D eigenvalue weighted by molar-refractivity contribution is -0.133. The Morgan fingerprint density at radius 2 is 2.00 bits per heavy atom. The molecule has 0 fully saturated rings. The van der Waals surface area contributed by atoms with Crippen molar-refractivity contribution < 1.29 is 13.9 Å². The summed E-state index contributed by atoms with van der Waals surface area (Å²) in [5, 5.41) is 0.603. The highest BCUT2D eigenvalue weighted by atomic mass is 35.5. The van der Waals surface area contributed by atoms with Crippen LogP contribution in [0.15, 0.2) is 59.2 Å². The Hall–Kier alpha value is -2.59. The van der Waals surface area contributed by atoms with Gasteiger partial charge in [0.2, 0.25) is 5.89 Å². The Balaban J connectivity index is 1.68. The second kappa shape index (κ2) is 6.67. The van der Waals surface area contributed by atoms with E-state index >= 15 is 0 Å². The number of aryl methyl sites for hydroxylation is 1. The van der Waals surface area contributed by atoms with E-state index in [0.29, 0.717) is 22.4 Å². The topological polar surface area (TPSA) is 52.3 Å². The molecule has 0 amide bonds. The number of esters is 1. The fourth-order valence-corrected chi connectivity index (χ4v) is 2.36. The van der Waals surface area contributed by atoms with Crippen molar-refractivity contribution in [2.24, 2.45) is 0 Å². The molecule has 0 bridgehead atoms. The van der Waals surface area contributed by atoms with Gasteiger partial charge in [-0.3, -0.25) is 4.79 Å². The number of aromatic nitrogens is 1. The number of carbonyl (C=O) groups excluding carboxylic acids is 1. The first-order chi connectivity index (χ1) is 11.1. The zero-order valence-electron chi connectivity index (χ0n) is 12.5. The van der Waals surface area contributed by atoms with E-state index in [2.05, 4.69) is 4.98 Å². The molecule has 116 valence electrons. The summed E-state index contributed by atoms with van der Waals surface area (Å²) in [6.07, 6.45) is 1.51. The SMILES string of the molecule is Cc1cc(Cl)ccc1OC(=O)Cc1coc(-c2ccccc2)n1. The van der Waals surface area contributed by atoms with E-state index in [-0.39, 0.29) is 6.42 Å². The highest BCUT2D eigenvalue weighted by Gasteiger charge is 2.13. The molecule has 1 aromatic heterocycles. The first-order valence-corrected chi connectivity index (χ1v) is 7.46. The molecule has 0 saturated carbocycles. The number of nitrogens with zero attached hydrogens (tertiary/aromatic N) is 1. The quantitative estimate of drug-likeness (QED) is 0.524. The summed E-state index contributed by atoms with van der Waals surface area (Å²) >= 11 is 5.88. The summed E-state index contributed by atoms with van der Waals surface area (Å²) in [5.41, 5.74) is 2.19. The molecule has 0 spiro atoms. The van der Waals surface area contributed by atoms with Gasteiger partial charge in [-0.25, -0.2) is 4.98 Å². The van der Waals surface area contributed by atoms with Crippen molar-refractivity contribution in [1.29, 1.82) is 0 Å². The van der Waals surface area contributed by atoms with Crippen LogP contribution in [0.5, 0.6) is 5.75 Å². The van der Waals surface area contributed by atoms with Crippen LogP contribution < -0.4 is 4.74 Å². The largest absolute Gasteiger partial charge is 0.444 e. The molecule has 5 heteroatoms. The van der Waals surface area contributed by atoms with E-state index in [1.54, 1.807) is 18.2 Å². The molecule has 0 atom stereocenters. The van der Waals surface area contributed by atoms with Crippen molar-refractivity contribution in [3.05, 3.63) is 71.1 Å². The summed E-state index contributed by atoms with van der Waals surface area (Å²) in [5.74, 6) is 0.575. The molecule has 0 aliphatic rings. The Morgan fingerprint density at radius 1 is 1.22 bits per heavy atom. The third-order valence-electron chi connectivity index (χ3n) is 3.26. The van der Waals surface area contributed by atoms with Crippen LogP contribution in [0.3, 0.4) is 0 Å². The minimum absolute atomic E-state index is 0.0401. The normalized spacial score (nSPS) is 10.5. The van der Waals surface area contributed by atoms with Crippen LogP contribution in [0.4, 0.5) is 0 Å². The van der Waals surface area contributed by atoms with Crippen LogP contribution in [0, 0.1) is 6.92 Å². The van der Waals surface area contributed by atoms with E-state index in [9.17, 15) is 4.79 Å². The summed E-state index contributed by atoms with van der Waals surface area (Å²) in [6, 6.07) is 14.6. The van der Waals surface area contributed by atoms with Crippen LogP contribution in [0.1, 0.15) is 11.3 Å². The Labute approximate surface area is 138 Å². The number of halogens is 1. The van der Waals surface area contributed by atoms with Crippen LogP contribution in [-0.2, 0) is 11.2 Å². The Bertz CT molecular complexity index is 827. The van der Waals surface area contributed by atoms with Crippen molar-refractivity contribution in [2.75, 3.05) is 0 Å². The molecule has 4 nitrogen and oxygen atoms in total. The van der Waals surface area contributed by atoms with Gasteiger partial charge in [0, 0.05) is 10.6 Å². The lowest BCUT2D eigenvalue weighted by Crippen LogP contribution is -2.12. The molecule has 0 N–H and O–H groups in total. The highest BCUT2D eigenvalue weighted by molar-refractivity contribution is 6.30. The molecular weight excluding hydrogens is 314 g/mol. The van der Waals surface area contributed by atoms with Crippen LogP contribution >= 0.6 is 11.6 Å². The molecule has 1 heterocycles. The minimum atomic E-state index is -0.400. The van der Waals surface area contributed by atoms with Gasteiger partial charge in [-0.1, -0.05) is 29.8 Å². The van der Waals surface area contributed by atoms with E-state index < -0.39 is 5.97 Å². The molecule has 0 aliphatic heterocycles. The zero-order valence-corrected chi connectivity index (χ0v) is 13.2. The predicted octanol–water partition coefficient (Wildman–Crippen LogP) is 4.45. The standard InChI is InChI=1S/C18H14ClNO3/c1-12-9-14(19)7-8-16(12)23-17(21)10-15-11-22-18(20-15)13-5-3-2-4-6-13/h2-9,11H,10H2,1H3. The maximum Gasteiger partial charge on any atom is 0.317 e. The summed E-state index contributed by atoms with van der Waals surface area (Å²) in [6.45, 7) is 1.83. The van der Waals surface area contributed by atoms with Crippen molar-refractivity contribution in [1.82, 2.24) is 4.98 Å². The second-order valence-corrected chi connectivity index (χ2v) is 5.51. The molecule has 0 radical (unpaired) electrons. The second-order valence-electron chi connectivity index (χ2n) is 5.07. The van der Waals surface area contributed by atoms with Crippen LogP contribution in [-0.4, -0.2) is 11.0 Å². The Morgan fingerprint density at radius 3 is 2.74 bits per heavy atom. The smallest absolute Gasteiger partial charge is 0.317 e. The lowest BCUT2D eigenvalue weighted by atomic mass is 10.2. The first kappa shape index (κ1) is 15.3. The fraction of sp³-hybridized carbons (Fsp3) is 0.111. The van der Waals surface area contributed by atoms with E-state index in [1.165, 1.54) is 6.26 Å². The number of hydrogen-bond donors (Lipinski definition) is 0. The van der Waals surface area contributed by atoms with Gasteiger partial charge in [0.05, 0.1) is 12.1 Å². The van der Waals surface area contributed by atoms with E-state index in [4.69, 9.17) is 20.8 Å². The van der Waals surface area contributed by atoms with Crippen molar-refractivity contribution >= 4 is 17.6 Å². The van der Waals surface area contributed by atoms with Gasteiger partial charge in [-0.2, -0.15) is 0 Å². The van der Waals surface area contributed by atoms with Crippen LogP contribution in [0.25, 0.3) is 11.5 Å². The van der Waals surface area contributed by atoms with Gasteiger partial charge < -0.3 is 9.15 Å². The van der Waals surface area contributed by atoms with Gasteiger partial charge in [0.25, 0.3) is 0 Å². The van der Waals surface area contributed by atoms with Crippen LogP contribution in [0.2, 0.25) is 5.02 Å². The summed E-state index contributed by atoms with van der Waals surface area (Å²) in [7, 11) is 0. The van der Waals surface area contributed by atoms with Gasteiger partial charge in [-0.05, 0) is 42.8 Å². The van der Waals surface area contributed by atoms with Gasteiger partial charge in [-0.15, -0.1) is 0 Å². The molecule has 0 aliphatic carbocycles. The van der Waals surface area contributed by atoms with Gasteiger partial charge >= 0.3 is 5.97 Å². The first-order valence-electron chi connectivity index (χ1n) is 7.08. The minimum Gasteiger partial charge on any atom is -0.444 e. The van der Waals surface area contributed by atoms with Crippen molar-refractivity contribution in [2.45, 2.75) is 13.3 Å². The predicted molar refractivity (Wildman–Crippen MR) is 87.5 cm³/mol. The number of carbonyl (C=O) groups is 1. The number of benzene rings is 2. The zero-order chi connectivity index (χ0) is 16.2. The number of ether oxygens (including phenoxy) is 1. The third kappa shape index (κ3) is 3.79. The summed E-state index contributed by atoms with van der Waals surface area (Å²) in [4.78, 5) is 16.3. The maximum absolute atomic E-state index is 12.0. The maximum atomic E-state index is 12.0. The van der Waals surface area contributed by atoms with Gasteiger partial charge in [0.15, 0.2) is 0 Å². The average molecular weight is 328 g/mol. The molecule has 0 unspecified atom stereocenters. The molecule has 23 heavy (non-hydrogen) atoms. The average Bonchev–Trinajstić information content (AvgIpc) is 2.99. The third-order valence-corrected chi connectivity index (χ3v) is 3.49. The van der Waals surface area contributed by atoms with E-state index in [0.717, 1.165) is 11.1 Å². The lowest BCUT2D eigenvalue weighted by Gasteiger charge is -2.06.